The third-order valence-corrected chi connectivity index (χ3v) is 8.58. The lowest BCUT2D eigenvalue weighted by molar-refractivity contribution is 0.0635. The maximum absolute atomic E-state index is 13.6. The highest BCUT2D eigenvalue weighted by Crippen LogP contribution is 2.32. The van der Waals surface area contributed by atoms with Crippen LogP contribution in [-0.2, 0) is 17.7 Å². The van der Waals surface area contributed by atoms with Gasteiger partial charge in [0.05, 0.1) is 5.69 Å². The summed E-state index contributed by atoms with van der Waals surface area (Å²) in [5.74, 6) is 1.09. The van der Waals surface area contributed by atoms with E-state index in [0.29, 0.717) is 60.4 Å². The monoisotopic (exact) mass is 664 g/mol. The summed E-state index contributed by atoms with van der Waals surface area (Å²) in [5.41, 5.74) is 2.35. The number of anilines is 2. The molecule has 0 unspecified atom stereocenters. The Hall–Kier alpha value is -4.20. The number of carbonyl (C=O) groups excluding carboxylic acids is 3. The molecule has 12 nitrogen and oxygen atoms in total. The van der Waals surface area contributed by atoms with E-state index in [2.05, 4.69) is 32.5 Å². The normalized spacial score (nSPS) is 15.1. The van der Waals surface area contributed by atoms with Gasteiger partial charge in [-0.25, -0.2) is 9.59 Å². The minimum atomic E-state index is -0.631. The first-order valence-corrected chi connectivity index (χ1v) is 16.9. The first-order chi connectivity index (χ1) is 22.5. The second-order valence-electron chi connectivity index (χ2n) is 12.8. The van der Waals surface area contributed by atoms with Crippen LogP contribution in [0.4, 0.5) is 21.0 Å². The largest absolute Gasteiger partial charge is 0.486 e. The van der Waals surface area contributed by atoms with E-state index in [4.69, 9.17) is 14.2 Å². The number of amides is 3. The van der Waals surface area contributed by atoms with Gasteiger partial charge in [-0.15, -0.1) is 11.3 Å². The van der Waals surface area contributed by atoms with Gasteiger partial charge in [0.25, 0.3) is 0 Å². The van der Waals surface area contributed by atoms with Crippen molar-refractivity contribution in [2.24, 2.45) is 0 Å². The number of likely N-dealkylation sites (N-methyl/N-ethyl adjacent to an activating group) is 1. The van der Waals surface area contributed by atoms with Crippen LogP contribution in [0.1, 0.15) is 48.8 Å². The topological polar surface area (TPSA) is 126 Å². The lowest BCUT2D eigenvalue weighted by atomic mass is 10.1. The van der Waals surface area contributed by atoms with Crippen LogP contribution >= 0.6 is 11.3 Å². The Balaban J connectivity index is 1.21. The van der Waals surface area contributed by atoms with E-state index in [0.717, 1.165) is 44.7 Å². The summed E-state index contributed by atoms with van der Waals surface area (Å²) in [4.78, 5) is 49.9. The van der Waals surface area contributed by atoms with Crippen molar-refractivity contribution in [1.82, 2.24) is 19.7 Å². The number of piperazine rings is 1. The number of carbonyl (C=O) groups is 3. The van der Waals surface area contributed by atoms with Crippen LogP contribution in [0.25, 0.3) is 0 Å². The van der Waals surface area contributed by atoms with Crippen LogP contribution in [0.15, 0.2) is 47.3 Å². The van der Waals surface area contributed by atoms with Crippen molar-refractivity contribution in [2.45, 2.75) is 45.8 Å². The summed E-state index contributed by atoms with van der Waals surface area (Å²) in [7, 11) is 2.14. The van der Waals surface area contributed by atoms with Gasteiger partial charge < -0.3 is 34.2 Å². The minimum Gasteiger partial charge on any atom is -0.486 e. The Bertz CT molecular complexity index is 1530. The van der Waals surface area contributed by atoms with Gasteiger partial charge in [-0.1, -0.05) is 6.07 Å². The lowest BCUT2D eigenvalue weighted by Crippen LogP contribution is -2.45. The van der Waals surface area contributed by atoms with Crippen molar-refractivity contribution < 1.29 is 28.6 Å². The fourth-order valence-corrected chi connectivity index (χ4v) is 6.07. The molecular formula is C34H44N6O6S. The molecule has 1 aromatic carbocycles. The molecular weight excluding hydrogens is 620 g/mol. The summed E-state index contributed by atoms with van der Waals surface area (Å²) < 4.78 is 16.6. The zero-order chi connectivity index (χ0) is 33.4. The van der Waals surface area contributed by atoms with E-state index in [1.165, 1.54) is 11.3 Å². The zero-order valence-electron chi connectivity index (χ0n) is 27.5. The number of benzene rings is 1. The Morgan fingerprint density at radius 1 is 1.00 bits per heavy atom. The first-order valence-electron chi connectivity index (χ1n) is 15.9. The van der Waals surface area contributed by atoms with Crippen LogP contribution in [0, 0.1) is 0 Å². The molecule has 0 spiro atoms. The van der Waals surface area contributed by atoms with E-state index in [1.807, 2.05) is 11.4 Å². The molecule has 0 atom stereocenters. The molecule has 0 aliphatic carbocycles. The van der Waals surface area contributed by atoms with Crippen molar-refractivity contribution in [3.8, 4) is 11.5 Å². The summed E-state index contributed by atoms with van der Waals surface area (Å²) in [6.45, 7) is 12.2. The summed E-state index contributed by atoms with van der Waals surface area (Å²) in [5, 5.41) is 9.35. The van der Waals surface area contributed by atoms with Crippen molar-refractivity contribution in [2.75, 3.05) is 70.2 Å². The summed E-state index contributed by atoms with van der Waals surface area (Å²) in [6, 6.07) is 8.66. The Morgan fingerprint density at radius 3 is 2.49 bits per heavy atom. The predicted molar refractivity (Wildman–Crippen MR) is 182 cm³/mol. The van der Waals surface area contributed by atoms with Crippen molar-refractivity contribution in [3.05, 3.63) is 64.1 Å². The summed E-state index contributed by atoms with van der Waals surface area (Å²) >= 11 is 1.39. The molecule has 2 aromatic heterocycles. The standard InChI is InChI=1S/C34H44N6O6S/c1-34(2,3)46-33(43)37-28-23-47-22-25(28)18-29(41)27-8-6-24(20-35-27)21-40(11-5-10-39-14-12-38(4)13-15-39)32(42)36-26-7-9-30-31(19-26)45-17-16-44-30/h6-9,19-20,22-23H,5,10-18,21H2,1-4H3,(H,36,42)(H,37,43). The van der Waals surface area contributed by atoms with Crippen molar-refractivity contribution in [1.29, 1.82) is 0 Å². The van der Waals surface area contributed by atoms with Crippen LogP contribution in [0.5, 0.6) is 11.5 Å². The van der Waals surface area contributed by atoms with E-state index in [-0.39, 0.29) is 18.2 Å². The second-order valence-corrected chi connectivity index (χ2v) is 13.5. The molecule has 0 bridgehead atoms. The Morgan fingerprint density at radius 2 is 1.77 bits per heavy atom. The van der Waals surface area contributed by atoms with E-state index in [1.54, 1.807) is 61.5 Å². The van der Waals surface area contributed by atoms with Crippen LogP contribution in [0.3, 0.4) is 0 Å². The van der Waals surface area contributed by atoms with Gasteiger partial charge in [0.15, 0.2) is 17.3 Å². The Labute approximate surface area is 280 Å². The number of nitrogens with zero attached hydrogens (tertiary/aromatic N) is 4. The third-order valence-electron chi connectivity index (χ3n) is 7.79. The Kier molecular flexibility index (Phi) is 11.3. The predicted octanol–water partition coefficient (Wildman–Crippen LogP) is 5.36. The van der Waals surface area contributed by atoms with Gasteiger partial charge in [-0.3, -0.25) is 15.1 Å². The molecule has 4 heterocycles. The maximum atomic E-state index is 13.6. The molecule has 47 heavy (non-hydrogen) atoms. The van der Waals surface area contributed by atoms with Crippen molar-refractivity contribution in [3.63, 3.8) is 0 Å². The molecule has 3 amide bonds. The number of Topliss-reactive ketones (excluding diaryl/α,β-unsaturated/α-hetero) is 1. The molecule has 1 fully saturated rings. The van der Waals surface area contributed by atoms with Crippen LogP contribution in [-0.4, -0.2) is 103 Å². The van der Waals surface area contributed by atoms with Crippen molar-refractivity contribution >= 4 is 40.6 Å². The maximum Gasteiger partial charge on any atom is 0.412 e. The average molecular weight is 665 g/mol. The first kappa shape index (κ1) is 34.1. The third kappa shape index (κ3) is 10.1. The number of ether oxygens (including phenoxy) is 3. The minimum absolute atomic E-state index is 0.0807. The van der Waals surface area contributed by atoms with E-state index in [9.17, 15) is 14.4 Å². The van der Waals surface area contributed by atoms with Gasteiger partial charge in [-0.05, 0) is 75.5 Å². The molecule has 2 N–H and O–H groups in total. The van der Waals surface area contributed by atoms with Gasteiger partial charge in [0.1, 0.15) is 24.5 Å². The zero-order valence-corrected chi connectivity index (χ0v) is 28.4. The van der Waals surface area contributed by atoms with E-state index >= 15 is 0 Å². The highest BCUT2D eigenvalue weighted by Gasteiger charge is 2.21. The van der Waals surface area contributed by atoms with Gasteiger partial charge in [-0.2, -0.15) is 0 Å². The van der Waals surface area contributed by atoms with E-state index < -0.39 is 11.7 Å². The fraction of sp³-hybridized carbons (Fsp3) is 0.471. The molecule has 0 radical (unpaired) electrons. The number of ketones is 1. The molecule has 3 aromatic rings. The molecule has 1 saturated heterocycles. The lowest BCUT2D eigenvalue weighted by Gasteiger charge is -2.33. The van der Waals surface area contributed by atoms with Gasteiger partial charge in [0.2, 0.25) is 0 Å². The van der Waals surface area contributed by atoms with Gasteiger partial charge in [0, 0.05) is 69.0 Å². The quantitative estimate of drug-likeness (QED) is 0.261. The van der Waals surface area contributed by atoms with Gasteiger partial charge >= 0.3 is 12.1 Å². The van der Waals surface area contributed by atoms with Crippen LogP contribution < -0.4 is 20.1 Å². The number of hydrogen-bond donors (Lipinski definition) is 2. The molecule has 2 aliphatic rings. The van der Waals surface area contributed by atoms with Crippen LogP contribution in [0.2, 0.25) is 0 Å². The number of thiophene rings is 1. The summed E-state index contributed by atoms with van der Waals surface area (Å²) in [6.07, 6.45) is 1.98. The molecule has 2 aliphatic heterocycles. The number of aromatic nitrogens is 1. The average Bonchev–Trinajstić information content (AvgIpc) is 3.46. The number of fused-ring (bicyclic) bond motifs is 1. The molecule has 252 valence electrons. The molecule has 5 rings (SSSR count). The molecule has 13 heteroatoms. The SMILES string of the molecule is CN1CCN(CCCN(Cc2ccc(C(=O)Cc3cscc3NC(=O)OC(C)(C)C)nc2)C(=O)Nc2ccc3c(c2)OCCO3)CC1. The highest BCUT2D eigenvalue weighted by molar-refractivity contribution is 7.08. The second kappa shape index (κ2) is 15.6. The highest BCUT2D eigenvalue weighted by atomic mass is 32.1. The smallest absolute Gasteiger partial charge is 0.412 e. The number of hydrogen-bond acceptors (Lipinski definition) is 10. The fourth-order valence-electron chi connectivity index (χ4n) is 5.28. The number of nitrogens with one attached hydrogen (secondary N) is 2. The molecule has 0 saturated carbocycles. The number of urea groups is 1. The number of rotatable bonds is 11. The number of pyridine rings is 1.